The summed E-state index contributed by atoms with van der Waals surface area (Å²) in [4.78, 5) is 4.46. The van der Waals surface area contributed by atoms with E-state index in [0.29, 0.717) is 13.2 Å². The minimum atomic E-state index is -0.325. The van der Waals surface area contributed by atoms with Crippen molar-refractivity contribution >= 4 is 11.3 Å². The third kappa shape index (κ3) is 4.79. The first-order valence-corrected chi connectivity index (χ1v) is 8.16. The van der Waals surface area contributed by atoms with Gasteiger partial charge in [0.2, 0.25) is 0 Å². The van der Waals surface area contributed by atoms with Crippen LogP contribution in [0.3, 0.4) is 0 Å². The first-order chi connectivity index (χ1) is 10.2. The van der Waals surface area contributed by atoms with Crippen LogP contribution in [0, 0.1) is 5.82 Å². The normalized spacial score (nSPS) is 10.8. The van der Waals surface area contributed by atoms with Crippen LogP contribution < -0.4 is 10.1 Å². The number of aromatic nitrogens is 1. The molecule has 2 aromatic rings. The third-order valence-corrected chi connectivity index (χ3v) is 3.97. The summed E-state index contributed by atoms with van der Waals surface area (Å²) in [6.07, 6.45) is 2.06. The number of ether oxygens (including phenoxy) is 1. The van der Waals surface area contributed by atoms with Gasteiger partial charge in [0.1, 0.15) is 6.61 Å². The van der Waals surface area contributed by atoms with E-state index in [-0.39, 0.29) is 11.6 Å². The summed E-state index contributed by atoms with van der Waals surface area (Å²) in [6.45, 7) is 5.99. The van der Waals surface area contributed by atoms with Crippen molar-refractivity contribution in [3.05, 3.63) is 45.7 Å². The Morgan fingerprint density at radius 2 is 2.19 bits per heavy atom. The number of nitrogens with one attached hydrogen (secondary N) is 1. The molecule has 0 saturated carbocycles. The van der Waals surface area contributed by atoms with Crippen LogP contribution in [-0.2, 0) is 19.6 Å². The van der Waals surface area contributed by atoms with E-state index in [1.54, 1.807) is 17.4 Å². The van der Waals surface area contributed by atoms with E-state index in [1.807, 2.05) is 18.4 Å². The number of nitrogens with zero attached hydrogens (tertiary/aromatic N) is 1. The Labute approximate surface area is 129 Å². The second-order valence-corrected chi connectivity index (χ2v) is 5.76. The number of benzene rings is 1. The summed E-state index contributed by atoms with van der Waals surface area (Å²) < 4.78 is 19.5. The average molecular weight is 308 g/mol. The molecule has 0 spiro atoms. The number of hydrogen-bond acceptors (Lipinski definition) is 4. The zero-order valence-electron chi connectivity index (χ0n) is 12.5. The van der Waals surface area contributed by atoms with Gasteiger partial charge in [0.15, 0.2) is 11.6 Å². The molecule has 0 fully saturated rings. The molecule has 0 saturated heterocycles. The molecule has 5 heteroatoms. The Morgan fingerprint density at radius 3 is 2.90 bits per heavy atom. The molecule has 1 N–H and O–H groups in total. The van der Waals surface area contributed by atoms with Crippen LogP contribution in [0.25, 0.3) is 0 Å². The van der Waals surface area contributed by atoms with Crippen molar-refractivity contribution in [2.24, 2.45) is 0 Å². The molecule has 0 aliphatic heterocycles. The number of hydrogen-bond donors (Lipinski definition) is 1. The number of rotatable bonds is 8. The molecule has 1 heterocycles. The Morgan fingerprint density at radius 1 is 1.33 bits per heavy atom. The van der Waals surface area contributed by atoms with Gasteiger partial charge in [-0.3, -0.25) is 0 Å². The van der Waals surface area contributed by atoms with Crippen LogP contribution >= 0.6 is 11.3 Å². The fraction of sp³-hybridized carbons (Fsp3) is 0.438. The van der Waals surface area contributed by atoms with Gasteiger partial charge in [0.25, 0.3) is 0 Å². The predicted octanol–water partition coefficient (Wildman–Crippen LogP) is 3.92. The van der Waals surface area contributed by atoms with Crippen molar-refractivity contribution in [1.29, 1.82) is 0 Å². The lowest BCUT2D eigenvalue weighted by Crippen LogP contribution is -2.11. The molecule has 2 rings (SSSR count). The van der Waals surface area contributed by atoms with Gasteiger partial charge in [-0.2, -0.15) is 0 Å². The summed E-state index contributed by atoms with van der Waals surface area (Å²) in [6, 6.07) is 5.08. The van der Waals surface area contributed by atoms with E-state index in [0.717, 1.165) is 35.7 Å². The molecular formula is C16H21FN2OS. The van der Waals surface area contributed by atoms with Crippen LogP contribution in [0.15, 0.2) is 23.6 Å². The Kier molecular flexibility index (Phi) is 6.14. The molecule has 114 valence electrons. The standard InChI is InChI=1S/C16H21FN2OS/c1-3-5-16-19-13(11-21-16)10-20-15-7-6-12(8-14(15)17)9-18-4-2/h6-8,11,18H,3-5,9-10H2,1-2H3. The van der Waals surface area contributed by atoms with E-state index in [1.165, 1.54) is 6.07 Å². The average Bonchev–Trinajstić information content (AvgIpc) is 2.92. The van der Waals surface area contributed by atoms with Gasteiger partial charge in [0, 0.05) is 11.9 Å². The molecule has 1 aromatic carbocycles. The fourth-order valence-corrected chi connectivity index (χ4v) is 2.82. The SMILES string of the molecule is CCCc1nc(COc2ccc(CNCC)cc2F)cs1. The second kappa shape index (κ2) is 8.10. The highest BCUT2D eigenvalue weighted by atomic mass is 32.1. The highest BCUT2D eigenvalue weighted by molar-refractivity contribution is 7.09. The first-order valence-electron chi connectivity index (χ1n) is 7.28. The molecule has 0 aliphatic rings. The van der Waals surface area contributed by atoms with Crippen LogP contribution in [0.4, 0.5) is 4.39 Å². The fourth-order valence-electron chi connectivity index (χ4n) is 1.94. The first kappa shape index (κ1) is 15.9. The van der Waals surface area contributed by atoms with E-state index in [9.17, 15) is 4.39 Å². The van der Waals surface area contributed by atoms with E-state index in [2.05, 4.69) is 17.2 Å². The minimum Gasteiger partial charge on any atom is -0.484 e. The zero-order valence-corrected chi connectivity index (χ0v) is 13.3. The molecular weight excluding hydrogens is 287 g/mol. The van der Waals surface area contributed by atoms with Crippen LogP contribution in [0.2, 0.25) is 0 Å². The van der Waals surface area contributed by atoms with Gasteiger partial charge >= 0.3 is 0 Å². The number of thiazole rings is 1. The maximum absolute atomic E-state index is 13.9. The van der Waals surface area contributed by atoms with Crippen molar-refractivity contribution in [2.45, 2.75) is 39.8 Å². The van der Waals surface area contributed by atoms with Gasteiger partial charge in [-0.05, 0) is 37.1 Å². The lowest BCUT2D eigenvalue weighted by molar-refractivity contribution is 0.286. The molecule has 0 amide bonds. The minimum absolute atomic E-state index is 0.278. The summed E-state index contributed by atoms with van der Waals surface area (Å²) in [5.41, 5.74) is 1.78. The summed E-state index contributed by atoms with van der Waals surface area (Å²) >= 11 is 1.63. The van der Waals surface area contributed by atoms with Gasteiger partial charge < -0.3 is 10.1 Å². The van der Waals surface area contributed by atoms with Gasteiger partial charge in [-0.15, -0.1) is 11.3 Å². The van der Waals surface area contributed by atoms with Crippen molar-refractivity contribution in [2.75, 3.05) is 6.54 Å². The Balaban J connectivity index is 1.92. The Bertz CT molecular complexity index is 571. The highest BCUT2D eigenvalue weighted by Gasteiger charge is 2.07. The third-order valence-electron chi connectivity index (χ3n) is 3.01. The van der Waals surface area contributed by atoms with E-state index < -0.39 is 0 Å². The van der Waals surface area contributed by atoms with Crippen molar-refractivity contribution < 1.29 is 9.13 Å². The zero-order chi connectivity index (χ0) is 15.1. The van der Waals surface area contributed by atoms with Gasteiger partial charge in [0.05, 0.1) is 10.7 Å². The smallest absolute Gasteiger partial charge is 0.165 e. The predicted molar refractivity (Wildman–Crippen MR) is 84.2 cm³/mol. The number of aryl methyl sites for hydroxylation is 1. The molecule has 0 atom stereocenters. The van der Waals surface area contributed by atoms with E-state index in [4.69, 9.17) is 4.74 Å². The maximum Gasteiger partial charge on any atom is 0.165 e. The van der Waals surface area contributed by atoms with Crippen LogP contribution in [0.5, 0.6) is 5.75 Å². The molecule has 1 aromatic heterocycles. The van der Waals surface area contributed by atoms with Crippen LogP contribution in [-0.4, -0.2) is 11.5 Å². The lowest BCUT2D eigenvalue weighted by atomic mass is 10.2. The quantitative estimate of drug-likeness (QED) is 0.802. The topological polar surface area (TPSA) is 34.1 Å². The molecule has 21 heavy (non-hydrogen) atoms. The van der Waals surface area contributed by atoms with Gasteiger partial charge in [-0.1, -0.05) is 19.9 Å². The van der Waals surface area contributed by atoms with Gasteiger partial charge in [-0.25, -0.2) is 9.37 Å². The monoisotopic (exact) mass is 308 g/mol. The summed E-state index contributed by atoms with van der Waals surface area (Å²) in [5, 5.41) is 6.25. The Hall–Kier alpha value is -1.46. The van der Waals surface area contributed by atoms with Crippen molar-refractivity contribution in [1.82, 2.24) is 10.3 Å². The molecule has 0 aliphatic carbocycles. The van der Waals surface area contributed by atoms with Crippen molar-refractivity contribution in [3.8, 4) is 5.75 Å². The van der Waals surface area contributed by atoms with Crippen LogP contribution in [0.1, 0.15) is 36.5 Å². The molecule has 0 unspecified atom stereocenters. The van der Waals surface area contributed by atoms with E-state index >= 15 is 0 Å². The molecule has 0 bridgehead atoms. The lowest BCUT2D eigenvalue weighted by Gasteiger charge is -2.08. The summed E-state index contributed by atoms with van der Waals surface area (Å²) in [5.74, 6) is -0.0466. The second-order valence-electron chi connectivity index (χ2n) is 4.82. The summed E-state index contributed by atoms with van der Waals surface area (Å²) in [7, 11) is 0. The van der Waals surface area contributed by atoms with Crippen molar-refractivity contribution in [3.63, 3.8) is 0 Å². The molecule has 0 radical (unpaired) electrons. The molecule has 3 nitrogen and oxygen atoms in total. The maximum atomic E-state index is 13.9. The number of halogens is 1. The highest BCUT2D eigenvalue weighted by Crippen LogP contribution is 2.20. The largest absolute Gasteiger partial charge is 0.484 e.